The molecule has 0 aliphatic heterocycles. The summed E-state index contributed by atoms with van der Waals surface area (Å²) in [5.41, 5.74) is 3.29. The van der Waals surface area contributed by atoms with Crippen molar-refractivity contribution in [2.75, 3.05) is 5.32 Å². The fourth-order valence-corrected chi connectivity index (χ4v) is 3.76. The third-order valence-corrected chi connectivity index (χ3v) is 5.25. The van der Waals surface area contributed by atoms with E-state index in [1.165, 1.54) is 0 Å². The molecule has 1 N–H and O–H groups in total. The van der Waals surface area contributed by atoms with Crippen LogP contribution in [0.3, 0.4) is 0 Å². The molecule has 0 atom stereocenters. The molecule has 136 valence electrons. The van der Waals surface area contributed by atoms with Crippen molar-refractivity contribution in [3.8, 4) is 11.3 Å². The number of nitrogens with zero attached hydrogens (tertiary/aromatic N) is 3. The molecule has 0 unspecified atom stereocenters. The van der Waals surface area contributed by atoms with Crippen LogP contribution in [-0.2, 0) is 11.3 Å². The van der Waals surface area contributed by atoms with Crippen molar-refractivity contribution in [1.82, 2.24) is 14.0 Å². The van der Waals surface area contributed by atoms with Gasteiger partial charge in [-0.2, -0.15) is 0 Å². The van der Waals surface area contributed by atoms with E-state index in [1.807, 2.05) is 66.1 Å². The van der Waals surface area contributed by atoms with Crippen molar-refractivity contribution < 1.29 is 4.79 Å². The molecular formula is C20H18N4O2S. The number of carbonyl (C=O) groups is 1. The van der Waals surface area contributed by atoms with Crippen LogP contribution in [0.25, 0.3) is 16.9 Å². The van der Waals surface area contributed by atoms with Crippen LogP contribution in [0.2, 0.25) is 0 Å². The minimum absolute atomic E-state index is 0.0416. The molecular weight excluding hydrogens is 360 g/mol. The maximum atomic E-state index is 12.6. The largest absolute Gasteiger partial charge is 0.310 e. The summed E-state index contributed by atoms with van der Waals surface area (Å²) in [4.78, 5) is 29.0. The zero-order valence-electron chi connectivity index (χ0n) is 14.8. The number of aryl methyl sites for hydroxylation is 1. The Kier molecular flexibility index (Phi) is 4.60. The number of fused-ring (bicyclic) bond motifs is 1. The van der Waals surface area contributed by atoms with Gasteiger partial charge in [0, 0.05) is 35.8 Å². The van der Waals surface area contributed by atoms with Crippen molar-refractivity contribution >= 4 is 28.7 Å². The molecule has 4 aromatic rings. The number of imidazole rings is 1. The molecule has 3 aromatic heterocycles. The zero-order chi connectivity index (χ0) is 18.8. The summed E-state index contributed by atoms with van der Waals surface area (Å²) in [5, 5.41) is 4.79. The average molecular weight is 378 g/mol. The number of benzene rings is 1. The molecule has 0 saturated carbocycles. The Morgan fingerprint density at radius 1 is 1.15 bits per heavy atom. The molecule has 0 radical (unpaired) electrons. The van der Waals surface area contributed by atoms with Crippen molar-refractivity contribution in [3.63, 3.8) is 0 Å². The first-order chi connectivity index (χ1) is 13.1. The summed E-state index contributed by atoms with van der Waals surface area (Å²) < 4.78 is 3.49. The molecule has 1 aromatic carbocycles. The van der Waals surface area contributed by atoms with Gasteiger partial charge in [0.05, 0.1) is 0 Å². The molecule has 3 heterocycles. The normalized spacial score (nSPS) is 11.0. The van der Waals surface area contributed by atoms with Gasteiger partial charge < -0.3 is 9.88 Å². The van der Waals surface area contributed by atoms with Crippen molar-refractivity contribution in [3.05, 3.63) is 75.5 Å². The van der Waals surface area contributed by atoms with E-state index >= 15 is 0 Å². The van der Waals surface area contributed by atoms with Crippen molar-refractivity contribution in [2.45, 2.75) is 19.9 Å². The summed E-state index contributed by atoms with van der Waals surface area (Å²) in [6.45, 7) is 2.23. The second-order valence-electron chi connectivity index (χ2n) is 6.20. The highest BCUT2D eigenvalue weighted by molar-refractivity contribution is 7.07. The average Bonchev–Trinajstić information content (AvgIpc) is 3.21. The molecule has 0 aliphatic carbocycles. The lowest BCUT2D eigenvalue weighted by Crippen LogP contribution is -2.20. The van der Waals surface area contributed by atoms with Crippen LogP contribution in [0, 0.1) is 6.92 Å². The van der Waals surface area contributed by atoms with E-state index in [0.717, 1.165) is 33.9 Å². The van der Waals surface area contributed by atoms with Gasteiger partial charge in [-0.25, -0.2) is 4.98 Å². The number of amides is 1. The van der Waals surface area contributed by atoms with E-state index in [1.54, 1.807) is 9.95 Å². The molecule has 4 rings (SSSR count). The lowest BCUT2D eigenvalue weighted by atomic mass is 10.1. The van der Waals surface area contributed by atoms with Crippen molar-refractivity contribution in [1.29, 1.82) is 0 Å². The number of aromatic nitrogens is 3. The minimum atomic E-state index is -0.157. The molecule has 7 heteroatoms. The SMILES string of the molecule is Cc1csc(=O)n1CCC(=O)Nc1c(-c2ccccc2)nc2ccccn12. The third-order valence-electron chi connectivity index (χ3n) is 4.37. The second kappa shape index (κ2) is 7.20. The van der Waals surface area contributed by atoms with E-state index in [-0.39, 0.29) is 17.2 Å². The predicted molar refractivity (Wildman–Crippen MR) is 107 cm³/mol. The van der Waals surface area contributed by atoms with Crippen LogP contribution >= 0.6 is 11.3 Å². The zero-order valence-corrected chi connectivity index (χ0v) is 15.6. The quantitative estimate of drug-likeness (QED) is 0.577. The standard InChI is InChI=1S/C20H18N4O2S/c1-14-13-27-20(26)23(14)12-10-17(25)22-19-18(15-7-3-2-4-8-15)21-16-9-5-6-11-24(16)19/h2-9,11,13H,10,12H2,1H3,(H,22,25). The van der Waals surface area contributed by atoms with Crippen LogP contribution in [0.15, 0.2) is 64.9 Å². The predicted octanol–water partition coefficient (Wildman–Crippen LogP) is 3.56. The number of pyridine rings is 1. The molecule has 27 heavy (non-hydrogen) atoms. The Labute approximate surface area is 159 Å². The van der Waals surface area contributed by atoms with Gasteiger partial charge in [0.2, 0.25) is 5.91 Å². The maximum Gasteiger partial charge on any atom is 0.307 e. The maximum absolute atomic E-state index is 12.6. The van der Waals surface area contributed by atoms with Crippen LogP contribution in [0.1, 0.15) is 12.1 Å². The molecule has 0 bridgehead atoms. The van der Waals surface area contributed by atoms with Gasteiger partial charge in [0.15, 0.2) is 0 Å². The van der Waals surface area contributed by atoms with Gasteiger partial charge in [-0.1, -0.05) is 47.7 Å². The smallest absolute Gasteiger partial charge is 0.307 e. The van der Waals surface area contributed by atoms with Gasteiger partial charge >= 0.3 is 4.87 Å². The number of rotatable bonds is 5. The molecule has 0 saturated heterocycles. The van der Waals surface area contributed by atoms with Gasteiger partial charge in [0.1, 0.15) is 17.2 Å². The van der Waals surface area contributed by atoms with E-state index in [2.05, 4.69) is 10.3 Å². The number of thiazole rings is 1. The number of nitrogens with one attached hydrogen (secondary N) is 1. The topological polar surface area (TPSA) is 68.4 Å². The molecule has 0 fully saturated rings. The monoisotopic (exact) mass is 378 g/mol. The lowest BCUT2D eigenvalue weighted by molar-refractivity contribution is -0.116. The Balaban J connectivity index is 1.63. The molecule has 1 amide bonds. The summed E-state index contributed by atoms with van der Waals surface area (Å²) in [6.07, 6.45) is 2.09. The number of anilines is 1. The first-order valence-corrected chi connectivity index (χ1v) is 9.49. The number of hydrogen-bond acceptors (Lipinski definition) is 4. The van der Waals surface area contributed by atoms with Crippen LogP contribution in [0.5, 0.6) is 0 Å². The highest BCUT2D eigenvalue weighted by Crippen LogP contribution is 2.28. The lowest BCUT2D eigenvalue weighted by Gasteiger charge is -2.09. The van der Waals surface area contributed by atoms with E-state index in [9.17, 15) is 9.59 Å². The Morgan fingerprint density at radius 3 is 2.67 bits per heavy atom. The summed E-state index contributed by atoms with van der Waals surface area (Å²) in [6, 6.07) is 15.5. The Bertz CT molecular complexity index is 1160. The molecule has 0 aliphatic rings. The summed E-state index contributed by atoms with van der Waals surface area (Å²) in [7, 11) is 0. The highest BCUT2D eigenvalue weighted by atomic mass is 32.1. The van der Waals surface area contributed by atoms with Gasteiger partial charge in [-0.15, -0.1) is 0 Å². The molecule has 0 spiro atoms. The summed E-state index contributed by atoms with van der Waals surface area (Å²) in [5.74, 6) is 0.478. The fourth-order valence-electron chi connectivity index (χ4n) is 3.00. The van der Waals surface area contributed by atoms with Crippen LogP contribution in [0.4, 0.5) is 5.82 Å². The van der Waals surface area contributed by atoms with E-state index in [4.69, 9.17) is 0 Å². The van der Waals surface area contributed by atoms with E-state index in [0.29, 0.717) is 12.4 Å². The second-order valence-corrected chi connectivity index (χ2v) is 7.02. The van der Waals surface area contributed by atoms with Crippen LogP contribution in [-0.4, -0.2) is 19.9 Å². The van der Waals surface area contributed by atoms with Gasteiger partial charge in [-0.05, 0) is 19.1 Å². The van der Waals surface area contributed by atoms with Gasteiger partial charge in [-0.3, -0.25) is 14.0 Å². The van der Waals surface area contributed by atoms with E-state index < -0.39 is 0 Å². The molecule has 6 nitrogen and oxygen atoms in total. The Hall–Kier alpha value is -3.19. The summed E-state index contributed by atoms with van der Waals surface area (Å²) >= 11 is 1.15. The van der Waals surface area contributed by atoms with Gasteiger partial charge in [0.25, 0.3) is 0 Å². The highest BCUT2D eigenvalue weighted by Gasteiger charge is 2.16. The van der Waals surface area contributed by atoms with Crippen molar-refractivity contribution in [2.24, 2.45) is 0 Å². The third kappa shape index (κ3) is 3.41. The number of hydrogen-bond donors (Lipinski definition) is 1. The first-order valence-electron chi connectivity index (χ1n) is 8.61. The van der Waals surface area contributed by atoms with Crippen LogP contribution < -0.4 is 10.2 Å². The first kappa shape index (κ1) is 17.2. The Morgan fingerprint density at radius 2 is 1.93 bits per heavy atom. The fraction of sp³-hybridized carbons (Fsp3) is 0.150. The minimum Gasteiger partial charge on any atom is -0.310 e. The number of carbonyl (C=O) groups excluding carboxylic acids is 1.